The van der Waals surface area contributed by atoms with Crippen molar-refractivity contribution in [1.29, 1.82) is 0 Å². The number of alkyl halides is 3. The first-order valence-corrected chi connectivity index (χ1v) is 5.93. The number of amides is 1. The Balaban J connectivity index is 1.85. The van der Waals surface area contributed by atoms with E-state index in [-0.39, 0.29) is 24.2 Å². The van der Waals surface area contributed by atoms with E-state index in [0.717, 1.165) is 25.9 Å². The van der Waals surface area contributed by atoms with Crippen molar-refractivity contribution < 1.29 is 18.0 Å². The second kappa shape index (κ2) is 5.55. The number of piperidine rings is 1. The first kappa shape index (κ1) is 13.8. The summed E-state index contributed by atoms with van der Waals surface area (Å²) in [7, 11) is 0. The maximum Gasteiger partial charge on any atom is 0.453 e. The maximum atomic E-state index is 12.3. The van der Waals surface area contributed by atoms with Crippen molar-refractivity contribution in [1.82, 2.24) is 25.8 Å². The Labute approximate surface area is 107 Å². The number of carbonyl (C=O) groups excluding carboxylic acids is 1. The minimum absolute atomic E-state index is 0.00499. The van der Waals surface area contributed by atoms with Crippen molar-refractivity contribution in [3.63, 3.8) is 0 Å². The van der Waals surface area contributed by atoms with E-state index in [0.29, 0.717) is 0 Å². The zero-order valence-corrected chi connectivity index (χ0v) is 10.0. The number of hydrogen-bond acceptors (Lipinski definition) is 4. The third-order valence-electron chi connectivity index (χ3n) is 2.93. The summed E-state index contributed by atoms with van der Waals surface area (Å²) in [6, 6.07) is 0. The average Bonchev–Trinajstić information content (AvgIpc) is 2.86. The van der Waals surface area contributed by atoms with Crippen molar-refractivity contribution in [3.8, 4) is 0 Å². The van der Waals surface area contributed by atoms with Crippen LogP contribution in [-0.4, -0.2) is 34.2 Å². The number of halogens is 3. The Hall–Kier alpha value is -1.64. The van der Waals surface area contributed by atoms with Gasteiger partial charge in [-0.3, -0.25) is 9.89 Å². The molecule has 1 aliphatic heterocycles. The highest BCUT2D eigenvalue weighted by molar-refractivity contribution is 5.78. The van der Waals surface area contributed by atoms with Crippen LogP contribution in [0.2, 0.25) is 0 Å². The van der Waals surface area contributed by atoms with E-state index in [2.05, 4.69) is 25.8 Å². The molecule has 0 atom stereocenters. The average molecular weight is 277 g/mol. The molecule has 2 heterocycles. The zero-order valence-electron chi connectivity index (χ0n) is 10.0. The van der Waals surface area contributed by atoms with E-state index in [1.54, 1.807) is 0 Å². The molecular formula is C10H14F3N5O. The van der Waals surface area contributed by atoms with E-state index in [4.69, 9.17) is 0 Å². The predicted molar refractivity (Wildman–Crippen MR) is 58.8 cm³/mol. The Morgan fingerprint density at radius 3 is 2.63 bits per heavy atom. The van der Waals surface area contributed by atoms with E-state index in [1.165, 1.54) is 0 Å². The fraction of sp³-hybridized carbons (Fsp3) is 0.700. The van der Waals surface area contributed by atoms with Gasteiger partial charge in [0.25, 0.3) is 5.82 Å². The monoisotopic (exact) mass is 277 g/mol. The molecule has 2 rings (SSSR count). The van der Waals surface area contributed by atoms with Gasteiger partial charge in [-0.1, -0.05) is 0 Å². The largest absolute Gasteiger partial charge is 0.453 e. The fourth-order valence-corrected chi connectivity index (χ4v) is 1.90. The van der Waals surface area contributed by atoms with Crippen LogP contribution in [0, 0.1) is 5.92 Å². The van der Waals surface area contributed by atoms with E-state index < -0.39 is 12.0 Å². The van der Waals surface area contributed by atoms with Crippen molar-refractivity contribution in [3.05, 3.63) is 11.6 Å². The van der Waals surface area contributed by atoms with Crippen molar-refractivity contribution >= 4 is 5.91 Å². The van der Waals surface area contributed by atoms with Crippen LogP contribution in [-0.2, 0) is 17.5 Å². The molecule has 0 aliphatic carbocycles. The first-order valence-electron chi connectivity index (χ1n) is 5.93. The molecule has 3 N–H and O–H groups in total. The van der Waals surface area contributed by atoms with Gasteiger partial charge in [-0.05, 0) is 25.9 Å². The lowest BCUT2D eigenvalue weighted by Gasteiger charge is -2.21. The van der Waals surface area contributed by atoms with Crippen LogP contribution in [0.3, 0.4) is 0 Å². The maximum absolute atomic E-state index is 12.3. The SMILES string of the molecule is O=C(NCc1nc(C(F)(F)F)n[nH]1)C1CCNCC1. The van der Waals surface area contributed by atoms with Crippen molar-refractivity contribution in [2.75, 3.05) is 13.1 Å². The Kier molecular flexibility index (Phi) is 4.03. The molecule has 0 aromatic carbocycles. The van der Waals surface area contributed by atoms with Crippen LogP contribution < -0.4 is 10.6 Å². The summed E-state index contributed by atoms with van der Waals surface area (Å²) in [5.74, 6) is -1.48. The van der Waals surface area contributed by atoms with Gasteiger partial charge < -0.3 is 10.6 Å². The molecule has 19 heavy (non-hydrogen) atoms. The molecule has 6 nitrogen and oxygen atoms in total. The number of rotatable bonds is 3. The van der Waals surface area contributed by atoms with Gasteiger partial charge >= 0.3 is 6.18 Å². The Morgan fingerprint density at radius 1 is 1.37 bits per heavy atom. The number of aromatic amines is 1. The van der Waals surface area contributed by atoms with Crippen LogP contribution in [0.4, 0.5) is 13.2 Å². The summed E-state index contributed by atoms with van der Waals surface area (Å²) in [4.78, 5) is 15.0. The minimum atomic E-state index is -4.58. The van der Waals surface area contributed by atoms with Gasteiger partial charge in [-0.2, -0.15) is 13.2 Å². The molecule has 0 radical (unpaired) electrons. The number of aromatic nitrogens is 3. The molecule has 1 saturated heterocycles. The van der Waals surface area contributed by atoms with Gasteiger partial charge in [-0.15, -0.1) is 5.10 Å². The highest BCUT2D eigenvalue weighted by Crippen LogP contribution is 2.25. The molecule has 1 fully saturated rings. The summed E-state index contributed by atoms with van der Waals surface area (Å²) in [5, 5.41) is 10.9. The molecule has 0 unspecified atom stereocenters. The summed E-state index contributed by atoms with van der Waals surface area (Å²) in [5.41, 5.74) is 0. The number of carbonyl (C=O) groups is 1. The van der Waals surface area contributed by atoms with Crippen LogP contribution >= 0.6 is 0 Å². The highest BCUT2D eigenvalue weighted by atomic mass is 19.4. The van der Waals surface area contributed by atoms with Gasteiger partial charge in [0, 0.05) is 5.92 Å². The molecule has 1 aromatic rings. The zero-order chi connectivity index (χ0) is 13.9. The van der Waals surface area contributed by atoms with E-state index in [9.17, 15) is 18.0 Å². The van der Waals surface area contributed by atoms with Gasteiger partial charge in [0.15, 0.2) is 0 Å². The third kappa shape index (κ3) is 3.66. The summed E-state index contributed by atoms with van der Waals surface area (Å²) >= 11 is 0. The van der Waals surface area contributed by atoms with Crippen LogP contribution in [0.15, 0.2) is 0 Å². The lowest BCUT2D eigenvalue weighted by molar-refractivity contribution is -0.144. The van der Waals surface area contributed by atoms with Crippen molar-refractivity contribution in [2.24, 2.45) is 5.92 Å². The molecule has 106 valence electrons. The summed E-state index contributed by atoms with van der Waals surface area (Å²) in [6.45, 7) is 1.48. The quantitative estimate of drug-likeness (QED) is 0.748. The van der Waals surface area contributed by atoms with Crippen molar-refractivity contribution in [2.45, 2.75) is 25.6 Å². The lowest BCUT2D eigenvalue weighted by Crippen LogP contribution is -2.38. The molecular weight excluding hydrogens is 263 g/mol. The summed E-state index contributed by atoms with van der Waals surface area (Å²) in [6.07, 6.45) is -3.11. The van der Waals surface area contributed by atoms with Gasteiger partial charge in [0.2, 0.25) is 5.91 Å². The van der Waals surface area contributed by atoms with Crippen LogP contribution in [0.5, 0.6) is 0 Å². The molecule has 0 spiro atoms. The molecule has 1 aliphatic rings. The second-order valence-electron chi connectivity index (χ2n) is 4.35. The predicted octanol–water partition coefficient (Wildman–Crippen LogP) is 0.439. The molecule has 1 aromatic heterocycles. The number of H-pyrrole nitrogens is 1. The number of nitrogens with zero attached hydrogens (tertiary/aromatic N) is 2. The van der Waals surface area contributed by atoms with Crippen LogP contribution in [0.1, 0.15) is 24.5 Å². The smallest absolute Gasteiger partial charge is 0.349 e. The van der Waals surface area contributed by atoms with E-state index >= 15 is 0 Å². The summed E-state index contributed by atoms with van der Waals surface area (Å²) < 4.78 is 36.8. The van der Waals surface area contributed by atoms with E-state index in [1.807, 2.05) is 0 Å². The minimum Gasteiger partial charge on any atom is -0.349 e. The second-order valence-corrected chi connectivity index (χ2v) is 4.35. The third-order valence-corrected chi connectivity index (χ3v) is 2.93. The van der Waals surface area contributed by atoms with Gasteiger partial charge in [0.05, 0.1) is 6.54 Å². The molecule has 0 bridgehead atoms. The standard InChI is InChI=1S/C10H14F3N5O/c11-10(12,13)9-16-7(17-18-9)5-15-8(19)6-1-3-14-4-2-6/h6,14H,1-5H2,(H,15,19)(H,16,17,18). The lowest BCUT2D eigenvalue weighted by atomic mass is 9.97. The topological polar surface area (TPSA) is 82.7 Å². The highest BCUT2D eigenvalue weighted by Gasteiger charge is 2.36. The first-order chi connectivity index (χ1) is 8.97. The fourth-order valence-electron chi connectivity index (χ4n) is 1.90. The number of hydrogen-bond donors (Lipinski definition) is 3. The normalized spacial score (nSPS) is 17.4. The van der Waals surface area contributed by atoms with Gasteiger partial charge in [-0.25, -0.2) is 4.98 Å². The molecule has 9 heteroatoms. The number of nitrogens with one attached hydrogen (secondary N) is 3. The van der Waals surface area contributed by atoms with Crippen LogP contribution in [0.25, 0.3) is 0 Å². The Bertz CT molecular complexity index is 439. The Morgan fingerprint density at radius 2 is 2.05 bits per heavy atom. The molecule has 0 saturated carbocycles. The molecule has 1 amide bonds. The van der Waals surface area contributed by atoms with Gasteiger partial charge in [0.1, 0.15) is 5.82 Å².